The summed E-state index contributed by atoms with van der Waals surface area (Å²) in [6, 6.07) is 1.72. The summed E-state index contributed by atoms with van der Waals surface area (Å²) in [6.07, 6.45) is 3.68. The van der Waals surface area contributed by atoms with Crippen molar-refractivity contribution >= 4 is 39.4 Å². The Morgan fingerprint density at radius 1 is 1.47 bits per heavy atom. The van der Waals surface area contributed by atoms with Crippen LogP contribution in [0.5, 0.6) is 0 Å². The Bertz CT molecular complexity index is 532. The van der Waals surface area contributed by atoms with Crippen molar-refractivity contribution in [1.82, 2.24) is 9.44 Å². The van der Waals surface area contributed by atoms with Crippen LogP contribution >= 0.6 is 23.3 Å². The summed E-state index contributed by atoms with van der Waals surface area (Å²) >= 11 is 2.73. The molecule has 0 spiro atoms. The zero-order valence-corrected chi connectivity index (χ0v) is 12.0. The molecule has 1 aliphatic heterocycles. The molecule has 2 N–H and O–H groups in total. The van der Waals surface area contributed by atoms with E-state index in [2.05, 4.69) is 9.44 Å². The Morgan fingerprint density at radius 3 is 2.88 bits per heavy atom. The average Bonchev–Trinajstić information content (AvgIpc) is 2.71. The minimum atomic E-state index is -3.36. The maximum Gasteiger partial charge on any atom is 0.250 e. The summed E-state index contributed by atoms with van der Waals surface area (Å²) < 4.78 is 31.0. The molecule has 94 valence electrons. The molecule has 0 amide bonds. The fourth-order valence-corrected chi connectivity index (χ4v) is 4.94. The van der Waals surface area contributed by atoms with Gasteiger partial charge in [0.05, 0.1) is 4.21 Å². The number of rotatable bonds is 4. The highest BCUT2D eigenvalue weighted by Crippen LogP contribution is 2.35. The van der Waals surface area contributed by atoms with E-state index in [1.54, 1.807) is 12.3 Å². The molecule has 0 saturated heterocycles. The van der Waals surface area contributed by atoms with E-state index >= 15 is 0 Å². The number of sulfonamides is 1. The minimum Gasteiger partial charge on any atom is -0.332 e. The molecule has 1 aromatic rings. The Labute approximate surface area is 110 Å². The quantitative estimate of drug-likeness (QED) is 0.835. The van der Waals surface area contributed by atoms with Crippen molar-refractivity contribution in [1.29, 1.82) is 0 Å². The fourth-order valence-electron chi connectivity index (χ4n) is 1.25. The van der Waals surface area contributed by atoms with E-state index < -0.39 is 10.0 Å². The highest BCUT2D eigenvalue weighted by atomic mass is 32.3. The van der Waals surface area contributed by atoms with Crippen LogP contribution in [0.2, 0.25) is 0 Å². The number of fused-ring (bicyclic) bond motifs is 1. The van der Waals surface area contributed by atoms with Crippen LogP contribution in [0.4, 0.5) is 0 Å². The fraction of sp³-hybridized carbons (Fsp3) is 0.400. The summed E-state index contributed by atoms with van der Waals surface area (Å²) in [5.41, 5.74) is 0.962. The van der Waals surface area contributed by atoms with Gasteiger partial charge in [0.1, 0.15) is 4.21 Å². The van der Waals surface area contributed by atoms with Gasteiger partial charge in [-0.15, -0.1) is 11.3 Å². The van der Waals surface area contributed by atoms with E-state index in [-0.39, 0.29) is 0 Å². The van der Waals surface area contributed by atoms with Crippen LogP contribution in [0.1, 0.15) is 19.4 Å². The Balaban J connectivity index is 2.22. The molecule has 0 fully saturated rings. The first-order chi connectivity index (χ1) is 7.99. The lowest BCUT2D eigenvalue weighted by molar-refractivity contribution is 0.562. The van der Waals surface area contributed by atoms with Crippen LogP contribution in [-0.2, 0) is 10.0 Å². The number of thiophene rings is 1. The van der Waals surface area contributed by atoms with Crippen LogP contribution in [-0.4, -0.2) is 15.0 Å². The molecule has 2 heterocycles. The first-order valence-electron chi connectivity index (χ1n) is 5.21. The molecular weight excluding hydrogens is 276 g/mol. The first-order valence-corrected chi connectivity index (χ1v) is 8.33. The minimum absolute atomic E-state index is 0.301. The van der Waals surface area contributed by atoms with Crippen molar-refractivity contribution in [2.24, 2.45) is 5.92 Å². The largest absolute Gasteiger partial charge is 0.332 e. The molecule has 0 aliphatic carbocycles. The van der Waals surface area contributed by atoms with Crippen LogP contribution < -0.4 is 9.44 Å². The topological polar surface area (TPSA) is 58.2 Å². The monoisotopic (exact) mass is 290 g/mol. The predicted octanol–water partition coefficient (Wildman–Crippen LogP) is 2.26. The van der Waals surface area contributed by atoms with Gasteiger partial charge in [-0.05, 0) is 30.0 Å². The SMILES string of the molecule is CC(C)CNS(=O)(=O)c1cc2c(s1)SNC=C2. The molecule has 0 radical (unpaired) electrons. The average molecular weight is 290 g/mol. The smallest absolute Gasteiger partial charge is 0.250 e. The van der Waals surface area contributed by atoms with Crippen molar-refractivity contribution in [2.45, 2.75) is 22.3 Å². The molecule has 0 saturated carbocycles. The molecule has 2 rings (SSSR count). The summed E-state index contributed by atoms with van der Waals surface area (Å²) in [7, 11) is -3.36. The van der Waals surface area contributed by atoms with Crippen molar-refractivity contribution in [3.8, 4) is 0 Å². The zero-order valence-electron chi connectivity index (χ0n) is 9.56. The van der Waals surface area contributed by atoms with Gasteiger partial charge in [-0.25, -0.2) is 13.1 Å². The second-order valence-corrected chi connectivity index (χ2v) is 8.26. The predicted molar refractivity (Wildman–Crippen MR) is 72.4 cm³/mol. The van der Waals surface area contributed by atoms with Gasteiger partial charge in [-0.3, -0.25) is 0 Å². The van der Waals surface area contributed by atoms with Crippen LogP contribution in [0, 0.1) is 5.92 Å². The maximum atomic E-state index is 12.0. The summed E-state index contributed by atoms with van der Waals surface area (Å²) in [6.45, 7) is 4.42. The second-order valence-electron chi connectivity index (χ2n) is 4.11. The number of hydrogen-bond donors (Lipinski definition) is 2. The maximum absolute atomic E-state index is 12.0. The van der Waals surface area contributed by atoms with Gasteiger partial charge < -0.3 is 4.72 Å². The lowest BCUT2D eigenvalue weighted by atomic mass is 10.2. The van der Waals surface area contributed by atoms with Gasteiger partial charge in [0.2, 0.25) is 10.0 Å². The van der Waals surface area contributed by atoms with E-state index in [9.17, 15) is 8.42 Å². The van der Waals surface area contributed by atoms with Crippen molar-refractivity contribution in [3.63, 3.8) is 0 Å². The van der Waals surface area contributed by atoms with E-state index in [0.29, 0.717) is 16.7 Å². The molecule has 0 bridgehead atoms. The standard InChI is InChI=1S/C10H14N2O2S3/c1-7(2)6-12-17(13,14)9-5-8-3-4-11-16-10(8)15-9/h3-5,7,11-12H,6H2,1-2H3. The van der Waals surface area contributed by atoms with Gasteiger partial charge in [-0.1, -0.05) is 13.8 Å². The third-order valence-corrected chi connectivity index (χ3v) is 6.15. The summed E-state index contributed by atoms with van der Waals surface area (Å²) in [5.74, 6) is 0.301. The van der Waals surface area contributed by atoms with Gasteiger partial charge in [0, 0.05) is 18.3 Å². The van der Waals surface area contributed by atoms with Gasteiger partial charge in [0.15, 0.2) is 0 Å². The highest BCUT2D eigenvalue weighted by molar-refractivity contribution is 8.00. The van der Waals surface area contributed by atoms with Gasteiger partial charge in [0.25, 0.3) is 0 Å². The number of hydrogen-bond acceptors (Lipinski definition) is 5. The molecule has 0 unspecified atom stereocenters. The van der Waals surface area contributed by atoms with E-state index in [4.69, 9.17) is 0 Å². The summed E-state index contributed by atoms with van der Waals surface area (Å²) in [5, 5.41) is 0. The Hall–Kier alpha value is -0.500. The van der Waals surface area contributed by atoms with Crippen LogP contribution in [0.3, 0.4) is 0 Å². The Kier molecular flexibility index (Phi) is 3.82. The lowest BCUT2D eigenvalue weighted by Gasteiger charge is -2.06. The molecule has 0 atom stereocenters. The first kappa shape index (κ1) is 12.9. The van der Waals surface area contributed by atoms with Crippen molar-refractivity contribution in [2.75, 3.05) is 6.54 Å². The summed E-state index contributed by atoms with van der Waals surface area (Å²) in [4.78, 5) is 0. The van der Waals surface area contributed by atoms with Gasteiger partial charge >= 0.3 is 0 Å². The molecular formula is C10H14N2O2S3. The van der Waals surface area contributed by atoms with Gasteiger partial charge in [-0.2, -0.15) is 0 Å². The second kappa shape index (κ2) is 5.01. The highest BCUT2D eigenvalue weighted by Gasteiger charge is 2.20. The van der Waals surface area contributed by atoms with E-state index in [1.165, 1.54) is 23.3 Å². The lowest BCUT2D eigenvalue weighted by Crippen LogP contribution is -2.26. The number of nitrogens with one attached hydrogen (secondary N) is 2. The van der Waals surface area contributed by atoms with Crippen molar-refractivity contribution < 1.29 is 8.42 Å². The Morgan fingerprint density at radius 2 is 2.24 bits per heavy atom. The molecule has 7 heteroatoms. The van der Waals surface area contributed by atoms with Crippen LogP contribution in [0.15, 0.2) is 20.7 Å². The van der Waals surface area contributed by atoms with E-state index in [0.717, 1.165) is 9.77 Å². The molecule has 0 aromatic carbocycles. The van der Waals surface area contributed by atoms with E-state index in [1.807, 2.05) is 19.9 Å². The van der Waals surface area contributed by atoms with Crippen LogP contribution in [0.25, 0.3) is 6.08 Å². The van der Waals surface area contributed by atoms with Crippen molar-refractivity contribution in [3.05, 3.63) is 17.8 Å². The zero-order chi connectivity index (χ0) is 12.5. The molecule has 1 aliphatic rings. The third-order valence-electron chi connectivity index (χ3n) is 2.13. The molecule has 17 heavy (non-hydrogen) atoms. The molecule has 1 aromatic heterocycles. The molecule has 4 nitrogen and oxygen atoms in total. The third kappa shape index (κ3) is 3.04. The normalized spacial score (nSPS) is 14.8.